The Hall–Kier alpha value is -2.21. The second-order valence-electron chi connectivity index (χ2n) is 5.63. The van der Waals surface area contributed by atoms with Crippen LogP contribution in [-0.2, 0) is 6.54 Å². The fourth-order valence-corrected chi connectivity index (χ4v) is 2.92. The van der Waals surface area contributed by atoms with Gasteiger partial charge < -0.3 is 10.2 Å². The summed E-state index contributed by atoms with van der Waals surface area (Å²) in [5, 5.41) is 7.40. The quantitative estimate of drug-likeness (QED) is 0.920. The van der Waals surface area contributed by atoms with Crippen molar-refractivity contribution in [2.75, 3.05) is 20.1 Å². The van der Waals surface area contributed by atoms with Crippen LogP contribution in [0, 0.1) is 0 Å². The lowest BCUT2D eigenvalue weighted by Gasteiger charge is -2.33. The molecule has 1 fully saturated rings. The second kappa shape index (κ2) is 6.70. The lowest BCUT2D eigenvalue weighted by molar-refractivity contribution is 0.0697. The van der Waals surface area contributed by atoms with Crippen molar-refractivity contribution in [3.05, 3.63) is 48.0 Å². The SMILES string of the molecule is CNC1CCCN(C(=O)c2ccccc2Cn2cncn2)C1. The molecule has 2 heterocycles. The Morgan fingerprint density at radius 3 is 3.05 bits per heavy atom. The van der Waals surface area contributed by atoms with Gasteiger partial charge in [-0.25, -0.2) is 9.67 Å². The van der Waals surface area contributed by atoms with E-state index in [0.717, 1.165) is 37.1 Å². The first-order valence-corrected chi connectivity index (χ1v) is 7.65. The molecule has 0 aliphatic carbocycles. The molecule has 0 bridgehead atoms. The molecule has 1 aromatic carbocycles. The lowest BCUT2D eigenvalue weighted by atomic mass is 10.0. The van der Waals surface area contributed by atoms with Gasteiger partial charge in [0.15, 0.2) is 0 Å². The van der Waals surface area contributed by atoms with Gasteiger partial charge in [0, 0.05) is 24.7 Å². The van der Waals surface area contributed by atoms with Gasteiger partial charge in [0.05, 0.1) is 6.54 Å². The van der Waals surface area contributed by atoms with Crippen LogP contribution in [0.3, 0.4) is 0 Å². The molecule has 3 rings (SSSR count). The van der Waals surface area contributed by atoms with Crippen molar-refractivity contribution in [3.8, 4) is 0 Å². The summed E-state index contributed by atoms with van der Waals surface area (Å²) in [5.74, 6) is 0.107. The summed E-state index contributed by atoms with van der Waals surface area (Å²) in [6, 6.07) is 8.14. The van der Waals surface area contributed by atoms with Gasteiger partial charge in [0.2, 0.25) is 0 Å². The maximum absolute atomic E-state index is 12.9. The van der Waals surface area contributed by atoms with E-state index in [1.165, 1.54) is 6.33 Å². The highest BCUT2D eigenvalue weighted by Gasteiger charge is 2.24. The number of hydrogen-bond donors (Lipinski definition) is 1. The fourth-order valence-electron chi connectivity index (χ4n) is 2.92. The lowest BCUT2D eigenvalue weighted by Crippen LogP contribution is -2.47. The molecule has 116 valence electrons. The number of piperidine rings is 1. The number of carbonyl (C=O) groups is 1. The van der Waals surface area contributed by atoms with E-state index < -0.39 is 0 Å². The summed E-state index contributed by atoms with van der Waals surface area (Å²) < 4.78 is 1.73. The van der Waals surface area contributed by atoms with E-state index in [2.05, 4.69) is 15.4 Å². The van der Waals surface area contributed by atoms with E-state index in [-0.39, 0.29) is 5.91 Å². The van der Waals surface area contributed by atoms with Gasteiger partial charge in [-0.05, 0) is 31.5 Å². The number of aromatic nitrogens is 3. The molecule has 1 amide bonds. The third-order valence-corrected chi connectivity index (χ3v) is 4.16. The predicted molar refractivity (Wildman–Crippen MR) is 83.6 cm³/mol. The average Bonchev–Trinajstić information content (AvgIpc) is 3.08. The van der Waals surface area contributed by atoms with Gasteiger partial charge in [-0.3, -0.25) is 4.79 Å². The van der Waals surface area contributed by atoms with E-state index in [4.69, 9.17) is 0 Å². The summed E-state index contributed by atoms with van der Waals surface area (Å²) in [6.07, 6.45) is 5.34. The van der Waals surface area contributed by atoms with Crippen molar-refractivity contribution in [3.63, 3.8) is 0 Å². The Labute approximate surface area is 130 Å². The van der Waals surface area contributed by atoms with E-state index in [1.54, 1.807) is 11.0 Å². The van der Waals surface area contributed by atoms with Crippen LogP contribution in [0.5, 0.6) is 0 Å². The highest BCUT2D eigenvalue weighted by Crippen LogP contribution is 2.17. The van der Waals surface area contributed by atoms with Gasteiger partial charge in [0.1, 0.15) is 12.7 Å². The Bertz CT molecular complexity index is 625. The molecule has 1 aliphatic heterocycles. The van der Waals surface area contributed by atoms with Crippen LogP contribution in [-0.4, -0.2) is 51.8 Å². The zero-order chi connectivity index (χ0) is 15.4. The normalized spacial score (nSPS) is 18.4. The molecule has 1 saturated heterocycles. The summed E-state index contributed by atoms with van der Waals surface area (Å²) in [4.78, 5) is 18.8. The summed E-state index contributed by atoms with van der Waals surface area (Å²) in [6.45, 7) is 2.16. The van der Waals surface area contributed by atoms with E-state index in [1.807, 2.05) is 36.2 Å². The third kappa shape index (κ3) is 3.17. The van der Waals surface area contributed by atoms with Gasteiger partial charge in [-0.2, -0.15) is 5.10 Å². The van der Waals surface area contributed by atoms with Crippen molar-refractivity contribution >= 4 is 5.91 Å². The Kier molecular flexibility index (Phi) is 4.48. The number of carbonyl (C=O) groups excluding carboxylic acids is 1. The molecular formula is C16H21N5O. The second-order valence-corrected chi connectivity index (χ2v) is 5.63. The van der Waals surface area contributed by atoms with Crippen molar-refractivity contribution in [1.82, 2.24) is 25.0 Å². The first kappa shape index (κ1) is 14.7. The van der Waals surface area contributed by atoms with Gasteiger partial charge in [-0.1, -0.05) is 18.2 Å². The van der Waals surface area contributed by atoms with Crippen molar-refractivity contribution in [2.24, 2.45) is 0 Å². The van der Waals surface area contributed by atoms with Crippen LogP contribution in [0.4, 0.5) is 0 Å². The minimum atomic E-state index is 0.107. The standard InChI is InChI=1S/C16H21N5O/c1-17-14-6-4-8-20(10-14)16(22)15-7-3-2-5-13(15)9-21-12-18-11-19-21/h2-3,5,7,11-12,14,17H,4,6,8-10H2,1H3. The average molecular weight is 299 g/mol. The molecule has 1 atom stereocenters. The number of amides is 1. The van der Waals surface area contributed by atoms with E-state index in [9.17, 15) is 4.79 Å². The number of likely N-dealkylation sites (N-methyl/N-ethyl adjacent to an activating group) is 1. The van der Waals surface area contributed by atoms with Crippen LogP contribution in [0.1, 0.15) is 28.8 Å². The summed E-state index contributed by atoms with van der Waals surface area (Å²) in [7, 11) is 1.96. The number of nitrogens with one attached hydrogen (secondary N) is 1. The smallest absolute Gasteiger partial charge is 0.254 e. The monoisotopic (exact) mass is 299 g/mol. The molecule has 1 aromatic heterocycles. The number of rotatable bonds is 4. The molecule has 6 nitrogen and oxygen atoms in total. The van der Waals surface area contributed by atoms with Crippen LogP contribution >= 0.6 is 0 Å². The maximum atomic E-state index is 12.9. The highest BCUT2D eigenvalue weighted by atomic mass is 16.2. The van der Waals surface area contributed by atoms with Gasteiger partial charge in [0.25, 0.3) is 5.91 Å². The molecule has 1 N–H and O–H groups in total. The summed E-state index contributed by atoms with van der Waals surface area (Å²) >= 11 is 0. The number of benzene rings is 1. The summed E-state index contributed by atoms with van der Waals surface area (Å²) in [5.41, 5.74) is 1.74. The first-order chi connectivity index (χ1) is 10.8. The number of nitrogens with zero attached hydrogens (tertiary/aromatic N) is 4. The molecule has 22 heavy (non-hydrogen) atoms. The van der Waals surface area contributed by atoms with E-state index in [0.29, 0.717) is 12.6 Å². The molecule has 2 aromatic rings. The topological polar surface area (TPSA) is 63.1 Å². The Morgan fingerprint density at radius 2 is 2.27 bits per heavy atom. The van der Waals surface area contributed by atoms with Crippen LogP contribution in [0.2, 0.25) is 0 Å². The van der Waals surface area contributed by atoms with Crippen LogP contribution in [0.15, 0.2) is 36.9 Å². The largest absolute Gasteiger partial charge is 0.337 e. The fraction of sp³-hybridized carbons (Fsp3) is 0.438. The Morgan fingerprint density at radius 1 is 1.41 bits per heavy atom. The number of hydrogen-bond acceptors (Lipinski definition) is 4. The van der Waals surface area contributed by atoms with Crippen molar-refractivity contribution in [2.45, 2.75) is 25.4 Å². The first-order valence-electron chi connectivity index (χ1n) is 7.65. The van der Waals surface area contributed by atoms with Crippen molar-refractivity contribution in [1.29, 1.82) is 0 Å². The number of likely N-dealkylation sites (tertiary alicyclic amines) is 1. The maximum Gasteiger partial charge on any atom is 0.254 e. The molecule has 0 spiro atoms. The van der Waals surface area contributed by atoms with Crippen molar-refractivity contribution < 1.29 is 4.79 Å². The Balaban J connectivity index is 1.80. The predicted octanol–water partition coefficient (Wildman–Crippen LogP) is 1.15. The molecule has 0 radical (unpaired) electrons. The molecule has 6 heteroatoms. The molecular weight excluding hydrogens is 278 g/mol. The van der Waals surface area contributed by atoms with E-state index >= 15 is 0 Å². The highest BCUT2D eigenvalue weighted by molar-refractivity contribution is 5.95. The zero-order valence-corrected chi connectivity index (χ0v) is 12.8. The minimum absolute atomic E-state index is 0.107. The molecule has 0 saturated carbocycles. The van der Waals surface area contributed by atoms with Gasteiger partial charge >= 0.3 is 0 Å². The third-order valence-electron chi connectivity index (χ3n) is 4.16. The van der Waals surface area contributed by atoms with Crippen LogP contribution < -0.4 is 5.32 Å². The minimum Gasteiger partial charge on any atom is -0.337 e. The van der Waals surface area contributed by atoms with Gasteiger partial charge in [-0.15, -0.1) is 0 Å². The molecule has 1 unspecified atom stereocenters. The van der Waals surface area contributed by atoms with Crippen LogP contribution in [0.25, 0.3) is 0 Å². The zero-order valence-electron chi connectivity index (χ0n) is 12.8. The molecule has 1 aliphatic rings.